The third-order valence-corrected chi connectivity index (χ3v) is 2.89. The SMILES string of the molecule is CN(CC(=O)N1CCNCC1)c1ncc[nH]c1=O. The largest absolute Gasteiger partial charge is 0.346 e. The van der Waals surface area contributed by atoms with Crippen LogP contribution in [0, 0.1) is 0 Å². The second kappa shape index (κ2) is 5.63. The molecule has 1 amide bonds. The minimum absolute atomic E-state index is 0.0176. The summed E-state index contributed by atoms with van der Waals surface area (Å²) in [5, 5.41) is 3.19. The molecular formula is C11H17N5O2. The number of H-pyrrole nitrogens is 1. The third kappa shape index (κ3) is 2.86. The fourth-order valence-electron chi connectivity index (χ4n) is 1.91. The van der Waals surface area contributed by atoms with E-state index in [4.69, 9.17) is 0 Å². The van der Waals surface area contributed by atoms with Gasteiger partial charge >= 0.3 is 0 Å². The minimum Gasteiger partial charge on any atom is -0.346 e. The van der Waals surface area contributed by atoms with Gasteiger partial charge in [-0.15, -0.1) is 0 Å². The van der Waals surface area contributed by atoms with Gasteiger partial charge in [0.2, 0.25) is 5.91 Å². The Labute approximate surface area is 105 Å². The molecule has 1 saturated heterocycles. The Morgan fingerprint density at radius 3 is 2.89 bits per heavy atom. The number of likely N-dealkylation sites (N-methyl/N-ethyl adjacent to an activating group) is 1. The number of aromatic amines is 1. The fraction of sp³-hybridized carbons (Fsp3) is 0.545. The van der Waals surface area contributed by atoms with Gasteiger partial charge < -0.3 is 20.1 Å². The monoisotopic (exact) mass is 251 g/mol. The maximum absolute atomic E-state index is 12.0. The topological polar surface area (TPSA) is 81.3 Å². The normalized spacial score (nSPS) is 15.5. The number of hydrogen-bond donors (Lipinski definition) is 2. The first-order chi connectivity index (χ1) is 8.68. The zero-order valence-electron chi connectivity index (χ0n) is 10.3. The van der Waals surface area contributed by atoms with Gasteiger partial charge in [-0.25, -0.2) is 4.98 Å². The molecule has 0 aliphatic carbocycles. The Bertz CT molecular complexity index is 467. The van der Waals surface area contributed by atoms with E-state index in [-0.39, 0.29) is 23.8 Å². The van der Waals surface area contributed by atoms with Gasteiger partial charge in [0, 0.05) is 45.6 Å². The number of hydrogen-bond acceptors (Lipinski definition) is 5. The lowest BCUT2D eigenvalue weighted by molar-refractivity contribution is -0.130. The minimum atomic E-state index is -0.284. The van der Waals surface area contributed by atoms with Gasteiger partial charge in [0.05, 0.1) is 6.54 Å². The summed E-state index contributed by atoms with van der Waals surface area (Å²) in [6.07, 6.45) is 2.97. The van der Waals surface area contributed by atoms with Crippen molar-refractivity contribution >= 4 is 11.7 Å². The van der Waals surface area contributed by atoms with Crippen molar-refractivity contribution in [2.75, 3.05) is 44.7 Å². The lowest BCUT2D eigenvalue weighted by atomic mass is 10.3. The zero-order valence-corrected chi connectivity index (χ0v) is 10.3. The van der Waals surface area contributed by atoms with Crippen LogP contribution in [0.4, 0.5) is 5.82 Å². The molecule has 2 N–H and O–H groups in total. The molecular weight excluding hydrogens is 234 g/mol. The summed E-state index contributed by atoms with van der Waals surface area (Å²) in [6, 6.07) is 0. The van der Waals surface area contributed by atoms with E-state index in [2.05, 4.69) is 15.3 Å². The highest BCUT2D eigenvalue weighted by molar-refractivity contribution is 5.81. The number of piperazine rings is 1. The molecule has 1 aromatic rings. The molecule has 0 bridgehead atoms. The van der Waals surface area contributed by atoms with E-state index < -0.39 is 0 Å². The summed E-state index contributed by atoms with van der Waals surface area (Å²) in [5.74, 6) is 0.282. The van der Waals surface area contributed by atoms with E-state index in [0.29, 0.717) is 13.1 Å². The van der Waals surface area contributed by atoms with Crippen molar-refractivity contribution in [2.45, 2.75) is 0 Å². The van der Waals surface area contributed by atoms with E-state index in [9.17, 15) is 9.59 Å². The van der Waals surface area contributed by atoms with Gasteiger partial charge in [0.15, 0.2) is 5.82 Å². The molecule has 0 aromatic carbocycles. The molecule has 2 rings (SSSR count). The summed E-state index contributed by atoms with van der Waals surface area (Å²) in [4.78, 5) is 33.4. The Hall–Kier alpha value is -1.89. The van der Waals surface area contributed by atoms with Crippen LogP contribution in [0.25, 0.3) is 0 Å². The number of carbonyl (C=O) groups is 1. The average Bonchev–Trinajstić information content (AvgIpc) is 2.40. The highest BCUT2D eigenvalue weighted by Gasteiger charge is 2.19. The highest BCUT2D eigenvalue weighted by atomic mass is 16.2. The molecule has 0 radical (unpaired) electrons. The van der Waals surface area contributed by atoms with Crippen molar-refractivity contribution in [2.24, 2.45) is 0 Å². The van der Waals surface area contributed by atoms with Crippen molar-refractivity contribution in [3.63, 3.8) is 0 Å². The van der Waals surface area contributed by atoms with Gasteiger partial charge in [-0.2, -0.15) is 0 Å². The molecule has 1 aromatic heterocycles. The number of rotatable bonds is 3. The summed E-state index contributed by atoms with van der Waals surface area (Å²) in [7, 11) is 1.69. The molecule has 0 spiro atoms. The van der Waals surface area contributed by atoms with Crippen LogP contribution < -0.4 is 15.8 Å². The summed E-state index contributed by atoms with van der Waals surface area (Å²) < 4.78 is 0. The quantitative estimate of drug-likeness (QED) is 0.693. The average molecular weight is 251 g/mol. The van der Waals surface area contributed by atoms with Crippen LogP contribution in [0.2, 0.25) is 0 Å². The molecule has 0 saturated carbocycles. The smallest absolute Gasteiger partial charge is 0.290 e. The van der Waals surface area contributed by atoms with Gasteiger partial charge in [-0.3, -0.25) is 9.59 Å². The standard InChI is InChI=1S/C11H17N5O2/c1-15(10-11(18)14-3-2-13-10)8-9(17)16-6-4-12-5-7-16/h2-3,12H,4-8H2,1H3,(H,14,18). The van der Waals surface area contributed by atoms with Gasteiger partial charge in [-0.05, 0) is 0 Å². The van der Waals surface area contributed by atoms with Gasteiger partial charge in [-0.1, -0.05) is 0 Å². The predicted octanol–water partition coefficient (Wildman–Crippen LogP) is -1.36. The second-order valence-corrected chi connectivity index (χ2v) is 4.23. The lowest BCUT2D eigenvalue weighted by Crippen LogP contribution is -2.49. The first-order valence-electron chi connectivity index (χ1n) is 5.92. The van der Waals surface area contributed by atoms with E-state index in [1.807, 2.05) is 0 Å². The molecule has 7 nitrogen and oxygen atoms in total. The molecule has 0 atom stereocenters. The molecule has 98 valence electrons. The first-order valence-corrected chi connectivity index (χ1v) is 5.92. The Morgan fingerprint density at radius 1 is 1.50 bits per heavy atom. The highest BCUT2D eigenvalue weighted by Crippen LogP contribution is 2.01. The molecule has 1 aliphatic rings. The maximum atomic E-state index is 12.0. The van der Waals surface area contributed by atoms with Crippen LogP contribution in [0.15, 0.2) is 17.2 Å². The van der Waals surface area contributed by atoms with Crippen LogP contribution >= 0.6 is 0 Å². The van der Waals surface area contributed by atoms with Crippen molar-refractivity contribution < 1.29 is 4.79 Å². The molecule has 7 heteroatoms. The summed E-state index contributed by atoms with van der Waals surface area (Å²) in [5.41, 5.74) is -0.284. The number of nitrogens with one attached hydrogen (secondary N) is 2. The number of aromatic nitrogens is 2. The Morgan fingerprint density at radius 2 is 2.22 bits per heavy atom. The Kier molecular flexibility index (Phi) is 3.93. The van der Waals surface area contributed by atoms with E-state index >= 15 is 0 Å². The predicted molar refractivity (Wildman–Crippen MR) is 67.6 cm³/mol. The lowest BCUT2D eigenvalue weighted by Gasteiger charge is -2.29. The fourth-order valence-corrected chi connectivity index (χ4v) is 1.91. The third-order valence-electron chi connectivity index (χ3n) is 2.89. The number of amides is 1. The Balaban J connectivity index is 1.98. The summed E-state index contributed by atoms with van der Waals surface area (Å²) in [6.45, 7) is 3.23. The van der Waals surface area contributed by atoms with Crippen LogP contribution in [0.3, 0.4) is 0 Å². The number of nitrogens with zero attached hydrogens (tertiary/aromatic N) is 3. The number of anilines is 1. The van der Waals surface area contributed by atoms with Gasteiger partial charge in [0.25, 0.3) is 5.56 Å². The van der Waals surface area contributed by atoms with Crippen molar-refractivity contribution in [3.05, 3.63) is 22.7 Å². The van der Waals surface area contributed by atoms with Crippen molar-refractivity contribution in [3.8, 4) is 0 Å². The first kappa shape index (κ1) is 12.6. The van der Waals surface area contributed by atoms with E-state index in [0.717, 1.165) is 13.1 Å². The molecule has 2 heterocycles. The molecule has 0 unspecified atom stereocenters. The zero-order chi connectivity index (χ0) is 13.0. The van der Waals surface area contributed by atoms with Crippen LogP contribution in [0.5, 0.6) is 0 Å². The van der Waals surface area contributed by atoms with Crippen LogP contribution in [0.1, 0.15) is 0 Å². The van der Waals surface area contributed by atoms with E-state index in [1.54, 1.807) is 16.8 Å². The second-order valence-electron chi connectivity index (χ2n) is 4.23. The van der Waals surface area contributed by atoms with E-state index in [1.165, 1.54) is 12.4 Å². The maximum Gasteiger partial charge on any atom is 0.290 e. The van der Waals surface area contributed by atoms with Crippen LogP contribution in [-0.4, -0.2) is 60.5 Å². The molecule has 1 fully saturated rings. The van der Waals surface area contributed by atoms with Gasteiger partial charge in [0.1, 0.15) is 0 Å². The van der Waals surface area contributed by atoms with Crippen molar-refractivity contribution in [1.29, 1.82) is 0 Å². The summed E-state index contributed by atoms with van der Waals surface area (Å²) >= 11 is 0. The molecule has 18 heavy (non-hydrogen) atoms. The van der Waals surface area contributed by atoms with Crippen molar-refractivity contribution in [1.82, 2.24) is 20.2 Å². The molecule has 1 aliphatic heterocycles. The number of carbonyl (C=O) groups excluding carboxylic acids is 1. The van der Waals surface area contributed by atoms with Crippen LogP contribution in [-0.2, 0) is 4.79 Å².